The first-order valence-corrected chi connectivity index (χ1v) is 9.28. The van der Waals surface area contributed by atoms with Gasteiger partial charge in [0.2, 0.25) is 0 Å². The maximum atomic E-state index is 12.6. The summed E-state index contributed by atoms with van der Waals surface area (Å²) in [5.41, 5.74) is 3.50. The van der Waals surface area contributed by atoms with Gasteiger partial charge in [-0.3, -0.25) is 9.69 Å². The Kier molecular flexibility index (Phi) is 4.44. The zero-order valence-electron chi connectivity index (χ0n) is 15.7. The number of nitrogens with one attached hydrogen (secondary N) is 2. The third-order valence-corrected chi connectivity index (χ3v) is 5.59. The number of hydrogen-bond donors (Lipinski definition) is 3. The molecule has 0 aromatic heterocycles. The minimum Gasteiger partial charge on any atom is -0.504 e. The Morgan fingerprint density at radius 3 is 2.70 bits per heavy atom. The van der Waals surface area contributed by atoms with Crippen LogP contribution in [0.15, 0.2) is 36.4 Å². The number of hydrogen-bond acceptors (Lipinski definition) is 5. The molecule has 2 aliphatic heterocycles. The number of carbonyl (C=O) groups is 1. The van der Waals surface area contributed by atoms with E-state index in [1.165, 1.54) is 0 Å². The molecule has 27 heavy (non-hydrogen) atoms. The topological polar surface area (TPSA) is 73.8 Å². The summed E-state index contributed by atoms with van der Waals surface area (Å²) in [6.07, 6.45) is 1.67. The second-order valence-electron chi connectivity index (χ2n) is 7.44. The van der Waals surface area contributed by atoms with E-state index in [9.17, 15) is 9.90 Å². The first-order valence-electron chi connectivity index (χ1n) is 9.28. The molecule has 0 unspecified atom stereocenters. The quantitative estimate of drug-likeness (QED) is 0.778. The smallest absolute Gasteiger partial charge is 0.255 e. The molecule has 0 saturated carbocycles. The van der Waals surface area contributed by atoms with Crippen molar-refractivity contribution >= 4 is 11.6 Å². The number of nitrogens with zero attached hydrogens (tertiary/aromatic N) is 1. The van der Waals surface area contributed by atoms with Crippen molar-refractivity contribution < 1.29 is 14.6 Å². The van der Waals surface area contributed by atoms with Gasteiger partial charge in [-0.15, -0.1) is 0 Å². The Hall–Kier alpha value is -2.73. The highest BCUT2D eigenvalue weighted by molar-refractivity contribution is 6.02. The van der Waals surface area contributed by atoms with Crippen molar-refractivity contribution in [1.82, 2.24) is 10.2 Å². The monoisotopic (exact) mass is 367 g/mol. The molecule has 0 aliphatic carbocycles. The van der Waals surface area contributed by atoms with Gasteiger partial charge in [-0.05, 0) is 36.2 Å². The maximum absolute atomic E-state index is 12.6. The van der Waals surface area contributed by atoms with E-state index in [2.05, 4.69) is 15.5 Å². The van der Waals surface area contributed by atoms with Gasteiger partial charge >= 0.3 is 0 Å². The average molecular weight is 367 g/mol. The van der Waals surface area contributed by atoms with Gasteiger partial charge < -0.3 is 20.5 Å². The van der Waals surface area contributed by atoms with Crippen molar-refractivity contribution in [2.24, 2.45) is 0 Å². The largest absolute Gasteiger partial charge is 0.504 e. The minimum absolute atomic E-state index is 0.00386. The minimum atomic E-state index is -0.376. The Bertz CT molecular complexity index is 873. The summed E-state index contributed by atoms with van der Waals surface area (Å²) in [6.45, 7) is 4.57. The molecular weight excluding hydrogens is 342 g/mol. The molecule has 2 heterocycles. The molecule has 2 aromatic carbocycles. The molecule has 2 aliphatic rings. The van der Waals surface area contributed by atoms with E-state index in [-0.39, 0.29) is 17.3 Å². The summed E-state index contributed by atoms with van der Waals surface area (Å²) in [6, 6.07) is 11.3. The molecule has 1 saturated heterocycles. The lowest BCUT2D eigenvalue weighted by atomic mass is 9.91. The van der Waals surface area contributed by atoms with Crippen LogP contribution in [0.25, 0.3) is 0 Å². The summed E-state index contributed by atoms with van der Waals surface area (Å²) in [5, 5.41) is 16.6. The summed E-state index contributed by atoms with van der Waals surface area (Å²) in [5.74, 6) is 0.653. The van der Waals surface area contributed by atoms with Crippen LogP contribution < -0.4 is 15.4 Å². The van der Waals surface area contributed by atoms with Gasteiger partial charge in [0, 0.05) is 32.5 Å². The van der Waals surface area contributed by atoms with Crippen LogP contribution in [-0.4, -0.2) is 41.8 Å². The highest BCUT2D eigenvalue weighted by Gasteiger charge is 2.40. The fourth-order valence-electron chi connectivity index (χ4n) is 4.00. The van der Waals surface area contributed by atoms with Crippen molar-refractivity contribution in [2.45, 2.75) is 32.0 Å². The van der Waals surface area contributed by atoms with Gasteiger partial charge in [0.15, 0.2) is 11.5 Å². The molecular formula is C21H25N3O3. The number of fused-ring (bicyclic) bond motifs is 1. The van der Waals surface area contributed by atoms with Gasteiger partial charge in [-0.2, -0.15) is 0 Å². The molecule has 3 N–H and O–H groups in total. The maximum Gasteiger partial charge on any atom is 0.255 e. The van der Waals surface area contributed by atoms with Crippen molar-refractivity contribution in [3.05, 3.63) is 53.1 Å². The lowest BCUT2D eigenvalue weighted by molar-refractivity contribution is 0.0822. The molecule has 2 aromatic rings. The van der Waals surface area contributed by atoms with E-state index >= 15 is 0 Å². The number of para-hydroxylation sites is 1. The number of aryl methyl sites for hydroxylation is 1. The highest BCUT2D eigenvalue weighted by atomic mass is 16.5. The average Bonchev–Trinajstić information content (AvgIpc) is 2.66. The van der Waals surface area contributed by atoms with E-state index in [0.29, 0.717) is 5.75 Å². The number of anilines is 1. The molecule has 4 rings (SSSR count). The molecule has 1 fully saturated rings. The Labute approximate surface area is 159 Å². The third-order valence-electron chi connectivity index (χ3n) is 5.59. The SMILES string of the molecule is COc1cc(CN2CCC3(CC2)NC(=O)c2cccc(C)c2N3)ccc1O. The number of rotatable bonds is 3. The van der Waals surface area contributed by atoms with E-state index in [4.69, 9.17) is 4.74 Å². The van der Waals surface area contributed by atoms with Gasteiger partial charge in [0.25, 0.3) is 5.91 Å². The van der Waals surface area contributed by atoms with Gasteiger partial charge in [0.05, 0.1) is 18.4 Å². The number of methoxy groups -OCH3 is 1. The number of aromatic hydroxyl groups is 1. The van der Waals surface area contributed by atoms with Crippen LogP contribution >= 0.6 is 0 Å². The van der Waals surface area contributed by atoms with E-state index < -0.39 is 0 Å². The summed E-state index contributed by atoms with van der Waals surface area (Å²) < 4.78 is 5.20. The third kappa shape index (κ3) is 3.32. The lowest BCUT2D eigenvalue weighted by Crippen LogP contribution is -2.62. The Morgan fingerprint density at radius 2 is 1.96 bits per heavy atom. The van der Waals surface area contributed by atoms with Crippen molar-refractivity contribution in [2.75, 3.05) is 25.5 Å². The standard InChI is InChI=1S/C21H25N3O3/c1-14-4-3-5-16-19(14)22-21(23-20(16)26)8-10-24(11-9-21)13-15-6-7-17(25)18(12-15)27-2/h3-7,12,22,25H,8-11,13H2,1-2H3,(H,23,26). The first kappa shape index (κ1) is 17.7. The second-order valence-corrected chi connectivity index (χ2v) is 7.44. The second kappa shape index (κ2) is 6.78. The van der Waals surface area contributed by atoms with E-state index in [1.807, 2.05) is 37.3 Å². The predicted octanol–water partition coefficient (Wildman–Crippen LogP) is 2.86. The number of phenolic OH excluding ortho intramolecular Hbond substituents is 1. The van der Waals surface area contributed by atoms with Gasteiger partial charge in [0.1, 0.15) is 5.66 Å². The number of benzene rings is 2. The molecule has 1 amide bonds. The van der Waals surface area contributed by atoms with Crippen LogP contribution in [0.1, 0.15) is 34.3 Å². The molecule has 0 radical (unpaired) electrons. The molecule has 142 valence electrons. The van der Waals surface area contributed by atoms with Crippen LogP contribution in [0.2, 0.25) is 0 Å². The van der Waals surface area contributed by atoms with Crippen molar-refractivity contribution in [3.63, 3.8) is 0 Å². The summed E-state index contributed by atoms with van der Waals surface area (Å²) in [4.78, 5) is 14.9. The summed E-state index contributed by atoms with van der Waals surface area (Å²) >= 11 is 0. The zero-order valence-corrected chi connectivity index (χ0v) is 15.7. The van der Waals surface area contributed by atoms with E-state index in [1.54, 1.807) is 13.2 Å². The molecule has 0 bridgehead atoms. The summed E-state index contributed by atoms with van der Waals surface area (Å²) in [7, 11) is 1.56. The number of phenols is 1. The van der Waals surface area contributed by atoms with Crippen molar-refractivity contribution in [1.29, 1.82) is 0 Å². The predicted molar refractivity (Wildman–Crippen MR) is 104 cm³/mol. The Morgan fingerprint density at radius 1 is 1.19 bits per heavy atom. The fraction of sp³-hybridized carbons (Fsp3) is 0.381. The number of likely N-dealkylation sites (tertiary alicyclic amines) is 1. The number of piperidine rings is 1. The zero-order chi connectivity index (χ0) is 19.0. The molecule has 6 heteroatoms. The normalized spacial score (nSPS) is 18.5. The van der Waals surface area contributed by atoms with Gasteiger partial charge in [-0.1, -0.05) is 18.2 Å². The lowest BCUT2D eigenvalue weighted by Gasteiger charge is -2.46. The van der Waals surface area contributed by atoms with Crippen LogP contribution in [0.3, 0.4) is 0 Å². The molecule has 0 atom stereocenters. The van der Waals surface area contributed by atoms with Crippen LogP contribution in [0, 0.1) is 6.92 Å². The van der Waals surface area contributed by atoms with Crippen LogP contribution in [0.5, 0.6) is 11.5 Å². The van der Waals surface area contributed by atoms with Gasteiger partial charge in [-0.25, -0.2) is 0 Å². The number of carbonyl (C=O) groups excluding carboxylic acids is 1. The number of ether oxygens (including phenoxy) is 1. The molecule has 6 nitrogen and oxygen atoms in total. The Balaban J connectivity index is 1.45. The van der Waals surface area contributed by atoms with Crippen LogP contribution in [0.4, 0.5) is 5.69 Å². The van der Waals surface area contributed by atoms with E-state index in [0.717, 1.165) is 54.9 Å². The highest BCUT2D eigenvalue weighted by Crippen LogP contribution is 2.34. The first-order chi connectivity index (χ1) is 13.0. The molecule has 1 spiro atoms. The fourth-order valence-corrected chi connectivity index (χ4v) is 4.00. The van der Waals surface area contributed by atoms with Crippen LogP contribution in [-0.2, 0) is 6.54 Å². The number of amides is 1. The van der Waals surface area contributed by atoms with Crippen molar-refractivity contribution in [3.8, 4) is 11.5 Å².